The zero-order valence-electron chi connectivity index (χ0n) is 16.7. The van der Waals surface area contributed by atoms with Crippen molar-refractivity contribution in [1.82, 2.24) is 0 Å². The fourth-order valence-electron chi connectivity index (χ4n) is 4.08. The van der Waals surface area contributed by atoms with E-state index in [0.29, 0.717) is 5.69 Å². The largest absolute Gasteiger partial charge is 0.497 e. The second-order valence-electron chi connectivity index (χ2n) is 7.53. The van der Waals surface area contributed by atoms with Crippen LogP contribution < -0.4 is 9.64 Å². The molecule has 1 saturated heterocycles. The van der Waals surface area contributed by atoms with Gasteiger partial charge in [0, 0.05) is 5.69 Å². The monoisotopic (exact) mass is 407 g/mol. The van der Waals surface area contributed by atoms with E-state index in [2.05, 4.69) is 0 Å². The van der Waals surface area contributed by atoms with E-state index in [1.165, 1.54) is 24.3 Å². The minimum atomic E-state index is -0.330. The van der Waals surface area contributed by atoms with Crippen LogP contribution >= 0.6 is 0 Å². The minimum absolute atomic E-state index is 0.0431. The molecule has 154 valence electrons. The highest BCUT2D eigenvalue weighted by Crippen LogP contribution is 2.46. The van der Waals surface area contributed by atoms with Gasteiger partial charge in [-0.3, -0.25) is 4.79 Å². The van der Waals surface area contributed by atoms with E-state index in [9.17, 15) is 13.6 Å². The van der Waals surface area contributed by atoms with Crippen molar-refractivity contribution in [2.45, 2.75) is 25.3 Å². The molecule has 3 aromatic carbocycles. The van der Waals surface area contributed by atoms with E-state index in [4.69, 9.17) is 4.74 Å². The normalized spacial score (nSPS) is 18.2. The molecule has 3 aromatic rings. The van der Waals surface area contributed by atoms with E-state index in [1.54, 1.807) is 36.3 Å². The van der Waals surface area contributed by atoms with Crippen LogP contribution in [0.5, 0.6) is 5.75 Å². The third-order valence-corrected chi connectivity index (χ3v) is 5.67. The first-order chi connectivity index (χ1) is 14.6. The number of rotatable bonds is 7. The number of hydrogen-bond acceptors (Lipinski definition) is 2. The Morgan fingerprint density at radius 2 is 1.47 bits per heavy atom. The van der Waals surface area contributed by atoms with Gasteiger partial charge in [0.1, 0.15) is 17.4 Å². The summed E-state index contributed by atoms with van der Waals surface area (Å²) in [5.74, 6) is 0.0713. The van der Waals surface area contributed by atoms with Crippen molar-refractivity contribution >= 4 is 11.6 Å². The number of amides is 1. The smallest absolute Gasteiger partial charge is 0.233 e. The number of carbonyl (C=O) groups excluding carboxylic acids is 1. The first-order valence-corrected chi connectivity index (χ1v) is 10.0. The highest BCUT2D eigenvalue weighted by atomic mass is 19.1. The predicted octanol–water partition coefficient (Wildman–Crippen LogP) is 5.70. The van der Waals surface area contributed by atoms with Crippen molar-refractivity contribution in [2.24, 2.45) is 5.92 Å². The van der Waals surface area contributed by atoms with Gasteiger partial charge in [0.15, 0.2) is 0 Å². The summed E-state index contributed by atoms with van der Waals surface area (Å²) >= 11 is 0. The van der Waals surface area contributed by atoms with Crippen LogP contribution in [0.1, 0.15) is 30.0 Å². The SMILES string of the molecule is COc1ccc(C2C(CCCc3ccc(F)cc3)C(=O)N2c2ccc(F)cc2)cc1. The van der Waals surface area contributed by atoms with Crippen molar-refractivity contribution in [3.05, 3.63) is 95.6 Å². The summed E-state index contributed by atoms with van der Waals surface area (Å²) in [4.78, 5) is 14.7. The lowest BCUT2D eigenvalue weighted by Gasteiger charge is -2.47. The number of ether oxygens (including phenoxy) is 1. The molecule has 0 spiro atoms. The molecule has 0 saturated carbocycles. The van der Waals surface area contributed by atoms with Crippen LogP contribution in [0, 0.1) is 17.6 Å². The maximum absolute atomic E-state index is 13.4. The molecule has 30 heavy (non-hydrogen) atoms. The van der Waals surface area contributed by atoms with Gasteiger partial charge in [0.25, 0.3) is 0 Å². The van der Waals surface area contributed by atoms with Gasteiger partial charge < -0.3 is 9.64 Å². The maximum atomic E-state index is 13.4. The first kappa shape index (κ1) is 20.1. The molecule has 5 heteroatoms. The fraction of sp³-hybridized carbons (Fsp3) is 0.240. The van der Waals surface area contributed by atoms with Crippen molar-refractivity contribution in [2.75, 3.05) is 12.0 Å². The van der Waals surface area contributed by atoms with E-state index >= 15 is 0 Å². The zero-order valence-corrected chi connectivity index (χ0v) is 16.7. The Morgan fingerprint density at radius 3 is 2.07 bits per heavy atom. The van der Waals surface area contributed by atoms with Gasteiger partial charge >= 0.3 is 0 Å². The van der Waals surface area contributed by atoms with Crippen LogP contribution in [-0.4, -0.2) is 13.0 Å². The highest BCUT2D eigenvalue weighted by Gasteiger charge is 2.48. The Labute approximate surface area is 174 Å². The Bertz CT molecular complexity index is 1000. The fourth-order valence-corrected chi connectivity index (χ4v) is 4.08. The third kappa shape index (κ3) is 4.06. The topological polar surface area (TPSA) is 29.5 Å². The van der Waals surface area contributed by atoms with Crippen molar-refractivity contribution in [3.63, 3.8) is 0 Å². The summed E-state index contributed by atoms with van der Waals surface area (Å²) in [6, 6.07) is 20.1. The van der Waals surface area contributed by atoms with Gasteiger partial charge in [-0.25, -0.2) is 8.78 Å². The van der Waals surface area contributed by atoms with Gasteiger partial charge in [0.05, 0.1) is 19.1 Å². The molecule has 2 unspecified atom stereocenters. The molecule has 4 rings (SSSR count). The Balaban J connectivity index is 1.52. The van der Waals surface area contributed by atoms with Crippen LogP contribution in [-0.2, 0) is 11.2 Å². The number of carbonyl (C=O) groups is 1. The van der Waals surface area contributed by atoms with Crippen LogP contribution in [0.2, 0.25) is 0 Å². The Hall–Kier alpha value is -3.21. The molecular formula is C25H23F2NO2. The molecule has 3 nitrogen and oxygen atoms in total. The predicted molar refractivity (Wildman–Crippen MR) is 112 cm³/mol. The number of benzene rings is 3. The molecule has 0 radical (unpaired) electrons. The molecule has 1 aliphatic heterocycles. The van der Waals surface area contributed by atoms with E-state index < -0.39 is 0 Å². The van der Waals surface area contributed by atoms with Crippen LogP contribution in [0.4, 0.5) is 14.5 Å². The quantitative estimate of drug-likeness (QED) is 0.470. The number of nitrogens with zero attached hydrogens (tertiary/aromatic N) is 1. The summed E-state index contributed by atoms with van der Waals surface area (Å²) in [6.45, 7) is 0. The minimum Gasteiger partial charge on any atom is -0.497 e. The van der Waals surface area contributed by atoms with Crippen LogP contribution in [0.15, 0.2) is 72.8 Å². The number of methoxy groups -OCH3 is 1. The Morgan fingerprint density at radius 1 is 0.867 bits per heavy atom. The van der Waals surface area contributed by atoms with E-state index in [1.807, 2.05) is 24.3 Å². The molecule has 1 fully saturated rings. The molecule has 0 bridgehead atoms. The Kier molecular flexibility index (Phi) is 5.79. The van der Waals surface area contributed by atoms with Crippen LogP contribution in [0.3, 0.4) is 0 Å². The number of anilines is 1. The summed E-state index contributed by atoms with van der Waals surface area (Å²) < 4.78 is 31.7. The van der Waals surface area contributed by atoms with E-state index in [0.717, 1.165) is 36.1 Å². The third-order valence-electron chi connectivity index (χ3n) is 5.67. The highest BCUT2D eigenvalue weighted by molar-refractivity contribution is 6.03. The number of β-lactam (4-membered cyclic amide) rings is 1. The first-order valence-electron chi connectivity index (χ1n) is 10.0. The molecule has 0 aliphatic carbocycles. The van der Waals surface area contributed by atoms with E-state index in [-0.39, 0.29) is 29.5 Å². The number of halogens is 2. The molecule has 1 aliphatic rings. The van der Waals surface area contributed by atoms with Crippen molar-refractivity contribution in [3.8, 4) is 5.75 Å². The van der Waals surface area contributed by atoms with Crippen LogP contribution in [0.25, 0.3) is 0 Å². The van der Waals surface area contributed by atoms with Gasteiger partial charge in [-0.1, -0.05) is 24.3 Å². The average molecular weight is 407 g/mol. The molecule has 0 N–H and O–H groups in total. The molecule has 0 aromatic heterocycles. The summed E-state index contributed by atoms with van der Waals surface area (Å²) in [7, 11) is 1.62. The van der Waals surface area contributed by atoms with Crippen molar-refractivity contribution in [1.29, 1.82) is 0 Å². The molecule has 1 amide bonds. The van der Waals surface area contributed by atoms with Gasteiger partial charge in [-0.15, -0.1) is 0 Å². The standard InChI is InChI=1S/C25H23F2NO2/c1-30-22-15-7-18(8-16-22)24-23(4-2-3-17-5-9-19(26)10-6-17)25(29)28(24)21-13-11-20(27)12-14-21/h5-16,23-24H,2-4H2,1H3. The summed E-state index contributed by atoms with van der Waals surface area (Å²) in [5, 5.41) is 0. The molecular weight excluding hydrogens is 384 g/mol. The molecule has 2 atom stereocenters. The van der Waals surface area contributed by atoms with Gasteiger partial charge in [-0.2, -0.15) is 0 Å². The number of hydrogen-bond donors (Lipinski definition) is 0. The van der Waals surface area contributed by atoms with Crippen molar-refractivity contribution < 1.29 is 18.3 Å². The average Bonchev–Trinajstić information content (AvgIpc) is 2.77. The lowest BCUT2D eigenvalue weighted by atomic mass is 9.78. The maximum Gasteiger partial charge on any atom is 0.233 e. The molecule has 1 heterocycles. The second-order valence-corrected chi connectivity index (χ2v) is 7.53. The van der Waals surface area contributed by atoms with Gasteiger partial charge in [-0.05, 0) is 78.9 Å². The van der Waals surface area contributed by atoms with Gasteiger partial charge in [0.2, 0.25) is 5.91 Å². The summed E-state index contributed by atoms with van der Waals surface area (Å²) in [5.41, 5.74) is 2.77. The second kappa shape index (κ2) is 8.66. The summed E-state index contributed by atoms with van der Waals surface area (Å²) in [6.07, 6.45) is 2.34. The lowest BCUT2D eigenvalue weighted by molar-refractivity contribution is -0.130. The lowest BCUT2D eigenvalue weighted by Crippen LogP contribution is -2.55. The number of aryl methyl sites for hydroxylation is 1. The zero-order chi connectivity index (χ0) is 21.1.